The minimum atomic E-state index is -0.800. The van der Waals surface area contributed by atoms with Gasteiger partial charge in [-0.2, -0.15) is 0 Å². The quantitative estimate of drug-likeness (QED) is 0.726. The van der Waals surface area contributed by atoms with Crippen LogP contribution in [-0.2, 0) is 11.2 Å². The lowest BCUT2D eigenvalue weighted by molar-refractivity contribution is -0.136. The predicted molar refractivity (Wildman–Crippen MR) is 89.4 cm³/mol. The standard InChI is InChI=1S/C18H16ClNO2/c1-11-2-4-12(5-3-11)18-14(7-9-17(21)22)15-10-13(19)6-8-16(15)20-18/h2-6,8,10,20H,7,9H2,1H3,(H,21,22). The highest BCUT2D eigenvalue weighted by Gasteiger charge is 2.14. The van der Waals surface area contributed by atoms with E-state index in [4.69, 9.17) is 16.7 Å². The van der Waals surface area contributed by atoms with Gasteiger partial charge in [0.05, 0.1) is 0 Å². The first-order valence-corrected chi connectivity index (χ1v) is 7.51. The zero-order valence-electron chi connectivity index (χ0n) is 12.2. The van der Waals surface area contributed by atoms with Crippen molar-refractivity contribution in [2.45, 2.75) is 19.8 Å². The second-order valence-corrected chi connectivity index (χ2v) is 5.86. The van der Waals surface area contributed by atoms with Crippen LogP contribution in [0.4, 0.5) is 0 Å². The molecule has 0 saturated heterocycles. The molecular weight excluding hydrogens is 298 g/mol. The minimum Gasteiger partial charge on any atom is -0.481 e. The number of aromatic amines is 1. The van der Waals surface area contributed by atoms with E-state index >= 15 is 0 Å². The maximum Gasteiger partial charge on any atom is 0.303 e. The van der Waals surface area contributed by atoms with Crippen molar-refractivity contribution in [3.8, 4) is 11.3 Å². The van der Waals surface area contributed by atoms with Gasteiger partial charge in [0.15, 0.2) is 0 Å². The minimum absolute atomic E-state index is 0.0956. The molecule has 1 heterocycles. The molecule has 0 aliphatic carbocycles. The third kappa shape index (κ3) is 2.85. The van der Waals surface area contributed by atoms with E-state index in [1.54, 1.807) is 0 Å². The van der Waals surface area contributed by atoms with Crippen molar-refractivity contribution in [1.82, 2.24) is 4.98 Å². The number of fused-ring (bicyclic) bond motifs is 1. The number of hydrogen-bond acceptors (Lipinski definition) is 1. The number of nitrogens with one attached hydrogen (secondary N) is 1. The predicted octanol–water partition coefficient (Wildman–Crippen LogP) is 4.81. The van der Waals surface area contributed by atoms with Crippen molar-refractivity contribution in [3.05, 3.63) is 58.6 Å². The molecule has 3 aromatic rings. The number of H-pyrrole nitrogens is 1. The largest absolute Gasteiger partial charge is 0.481 e. The summed E-state index contributed by atoms with van der Waals surface area (Å²) in [5, 5.41) is 10.6. The molecule has 3 nitrogen and oxygen atoms in total. The first kappa shape index (κ1) is 14.7. The van der Waals surface area contributed by atoms with E-state index in [1.807, 2.05) is 37.3 Å². The topological polar surface area (TPSA) is 53.1 Å². The Morgan fingerprint density at radius 3 is 2.59 bits per heavy atom. The number of carbonyl (C=O) groups is 1. The van der Waals surface area contributed by atoms with Crippen LogP contribution in [0.2, 0.25) is 5.02 Å². The van der Waals surface area contributed by atoms with Crippen LogP contribution in [-0.4, -0.2) is 16.1 Å². The van der Waals surface area contributed by atoms with Gasteiger partial charge in [-0.05, 0) is 42.7 Å². The first-order chi connectivity index (χ1) is 10.5. The van der Waals surface area contributed by atoms with E-state index < -0.39 is 5.97 Å². The number of aromatic nitrogens is 1. The van der Waals surface area contributed by atoms with Gasteiger partial charge in [0.25, 0.3) is 0 Å². The van der Waals surface area contributed by atoms with Crippen LogP contribution in [0.1, 0.15) is 17.5 Å². The molecule has 0 aliphatic rings. The van der Waals surface area contributed by atoms with Crippen LogP contribution >= 0.6 is 11.6 Å². The molecule has 2 aromatic carbocycles. The molecule has 4 heteroatoms. The number of rotatable bonds is 4. The highest BCUT2D eigenvalue weighted by atomic mass is 35.5. The Kier molecular flexibility index (Phi) is 3.90. The maximum atomic E-state index is 11.0. The third-order valence-electron chi connectivity index (χ3n) is 3.80. The Labute approximate surface area is 133 Å². The normalized spacial score (nSPS) is 11.0. The van der Waals surface area contributed by atoms with Crippen LogP contribution in [0.5, 0.6) is 0 Å². The van der Waals surface area contributed by atoms with Crippen molar-refractivity contribution < 1.29 is 9.90 Å². The lowest BCUT2D eigenvalue weighted by Crippen LogP contribution is -1.98. The highest BCUT2D eigenvalue weighted by Crippen LogP contribution is 2.33. The number of aryl methyl sites for hydroxylation is 2. The Balaban J connectivity index is 2.16. The number of carboxylic acids is 1. The molecule has 0 amide bonds. The molecule has 0 fully saturated rings. The smallest absolute Gasteiger partial charge is 0.303 e. The van der Waals surface area contributed by atoms with Gasteiger partial charge in [0.2, 0.25) is 0 Å². The number of hydrogen-bond donors (Lipinski definition) is 2. The lowest BCUT2D eigenvalue weighted by Gasteiger charge is -2.05. The van der Waals surface area contributed by atoms with Gasteiger partial charge in [-0.1, -0.05) is 41.4 Å². The van der Waals surface area contributed by atoms with Crippen LogP contribution in [0, 0.1) is 6.92 Å². The first-order valence-electron chi connectivity index (χ1n) is 7.13. The molecule has 0 spiro atoms. The van der Waals surface area contributed by atoms with Crippen molar-refractivity contribution >= 4 is 28.5 Å². The van der Waals surface area contributed by atoms with Crippen LogP contribution in [0.25, 0.3) is 22.2 Å². The van der Waals surface area contributed by atoms with Crippen LogP contribution in [0.3, 0.4) is 0 Å². The van der Waals surface area contributed by atoms with Gasteiger partial charge < -0.3 is 10.1 Å². The second kappa shape index (κ2) is 5.85. The summed E-state index contributed by atoms with van der Waals surface area (Å²) in [7, 11) is 0. The van der Waals surface area contributed by atoms with E-state index in [1.165, 1.54) is 5.56 Å². The maximum absolute atomic E-state index is 11.0. The Bertz CT molecular complexity index is 834. The average Bonchev–Trinajstić information content (AvgIpc) is 2.83. The molecule has 0 atom stereocenters. The number of halogens is 1. The van der Waals surface area contributed by atoms with Crippen molar-refractivity contribution in [2.75, 3.05) is 0 Å². The van der Waals surface area contributed by atoms with E-state index in [2.05, 4.69) is 17.1 Å². The summed E-state index contributed by atoms with van der Waals surface area (Å²) < 4.78 is 0. The summed E-state index contributed by atoms with van der Waals surface area (Å²) in [6, 6.07) is 13.9. The van der Waals surface area contributed by atoms with Crippen LogP contribution in [0.15, 0.2) is 42.5 Å². The third-order valence-corrected chi connectivity index (χ3v) is 4.03. The Morgan fingerprint density at radius 1 is 1.18 bits per heavy atom. The van der Waals surface area contributed by atoms with E-state index in [9.17, 15) is 4.79 Å². The second-order valence-electron chi connectivity index (χ2n) is 5.43. The summed E-state index contributed by atoms with van der Waals surface area (Å²) in [6.07, 6.45) is 0.567. The van der Waals surface area contributed by atoms with Gasteiger partial charge >= 0.3 is 5.97 Å². The zero-order chi connectivity index (χ0) is 15.7. The molecule has 2 N–H and O–H groups in total. The molecule has 1 aromatic heterocycles. The average molecular weight is 314 g/mol. The fourth-order valence-corrected chi connectivity index (χ4v) is 2.85. The van der Waals surface area contributed by atoms with Crippen LogP contribution < -0.4 is 0 Å². The fourth-order valence-electron chi connectivity index (χ4n) is 2.68. The fraction of sp³-hybridized carbons (Fsp3) is 0.167. The van der Waals surface area contributed by atoms with Crippen molar-refractivity contribution in [2.24, 2.45) is 0 Å². The monoisotopic (exact) mass is 313 g/mol. The number of benzene rings is 2. The molecule has 0 saturated carbocycles. The molecule has 0 bridgehead atoms. The van der Waals surface area contributed by atoms with Gasteiger partial charge in [0, 0.05) is 28.0 Å². The lowest BCUT2D eigenvalue weighted by atomic mass is 10.0. The van der Waals surface area contributed by atoms with Crippen molar-refractivity contribution in [1.29, 1.82) is 0 Å². The highest BCUT2D eigenvalue weighted by molar-refractivity contribution is 6.31. The molecule has 0 radical (unpaired) electrons. The Hall–Kier alpha value is -2.26. The van der Waals surface area contributed by atoms with E-state index in [-0.39, 0.29) is 6.42 Å². The summed E-state index contributed by atoms with van der Waals surface area (Å²) in [5.41, 5.74) is 5.19. The van der Waals surface area contributed by atoms with E-state index in [0.29, 0.717) is 11.4 Å². The zero-order valence-corrected chi connectivity index (χ0v) is 12.9. The van der Waals surface area contributed by atoms with Gasteiger partial charge in [-0.3, -0.25) is 4.79 Å². The van der Waals surface area contributed by atoms with Gasteiger partial charge in [-0.25, -0.2) is 0 Å². The summed E-state index contributed by atoms with van der Waals surface area (Å²) in [5.74, 6) is -0.800. The molecule has 3 rings (SSSR count). The van der Waals surface area contributed by atoms with Crippen molar-refractivity contribution in [3.63, 3.8) is 0 Å². The summed E-state index contributed by atoms with van der Waals surface area (Å²) in [6.45, 7) is 2.04. The summed E-state index contributed by atoms with van der Waals surface area (Å²) in [4.78, 5) is 14.4. The van der Waals surface area contributed by atoms with Gasteiger partial charge in [0.1, 0.15) is 0 Å². The number of carboxylic acid groups (broad SMARTS) is 1. The Morgan fingerprint density at radius 2 is 1.91 bits per heavy atom. The molecule has 22 heavy (non-hydrogen) atoms. The summed E-state index contributed by atoms with van der Waals surface area (Å²) >= 11 is 6.10. The molecule has 0 aliphatic heterocycles. The van der Waals surface area contributed by atoms with Gasteiger partial charge in [-0.15, -0.1) is 0 Å². The molecule has 112 valence electrons. The number of aliphatic carboxylic acids is 1. The SMILES string of the molecule is Cc1ccc(-c2[nH]c3ccc(Cl)cc3c2CCC(=O)O)cc1. The van der Waals surface area contributed by atoms with E-state index in [0.717, 1.165) is 27.7 Å². The molecule has 0 unspecified atom stereocenters. The molecular formula is C18H16ClNO2.